The summed E-state index contributed by atoms with van der Waals surface area (Å²) in [5.74, 6) is 0. The molecular formula is C17H22N4OS. The lowest BCUT2D eigenvalue weighted by molar-refractivity contribution is 0.214. The molecule has 1 fully saturated rings. The first kappa shape index (κ1) is 15.0. The summed E-state index contributed by atoms with van der Waals surface area (Å²) in [6.07, 6.45) is 5.48. The van der Waals surface area contributed by atoms with E-state index in [2.05, 4.69) is 20.4 Å². The molecule has 2 aromatic heterocycles. The highest BCUT2D eigenvalue weighted by Crippen LogP contribution is 2.22. The van der Waals surface area contributed by atoms with E-state index >= 15 is 0 Å². The summed E-state index contributed by atoms with van der Waals surface area (Å²) >= 11 is 1.70. The van der Waals surface area contributed by atoms with Gasteiger partial charge in [-0.2, -0.15) is 5.10 Å². The molecule has 4 rings (SSSR count). The summed E-state index contributed by atoms with van der Waals surface area (Å²) in [6.45, 7) is 4.72. The second-order valence-electron chi connectivity index (χ2n) is 6.61. The molecule has 0 radical (unpaired) electrons. The molecule has 1 atom stereocenters. The number of hydrogen-bond donors (Lipinski definition) is 0. The Bertz CT molecular complexity index is 766. The van der Waals surface area contributed by atoms with E-state index in [-0.39, 0.29) is 5.56 Å². The van der Waals surface area contributed by atoms with Gasteiger partial charge in [-0.25, -0.2) is 9.67 Å². The van der Waals surface area contributed by atoms with Gasteiger partial charge in [0, 0.05) is 24.0 Å². The first-order valence-corrected chi connectivity index (χ1v) is 9.32. The van der Waals surface area contributed by atoms with Gasteiger partial charge in [0.05, 0.1) is 22.9 Å². The van der Waals surface area contributed by atoms with Crippen LogP contribution in [0, 0.1) is 6.92 Å². The van der Waals surface area contributed by atoms with Crippen molar-refractivity contribution in [1.82, 2.24) is 19.7 Å². The zero-order chi connectivity index (χ0) is 15.8. The zero-order valence-corrected chi connectivity index (χ0v) is 14.3. The van der Waals surface area contributed by atoms with E-state index in [4.69, 9.17) is 0 Å². The van der Waals surface area contributed by atoms with E-state index in [9.17, 15) is 4.79 Å². The van der Waals surface area contributed by atoms with Crippen LogP contribution < -0.4 is 5.56 Å². The van der Waals surface area contributed by atoms with Crippen LogP contribution in [0.4, 0.5) is 0 Å². The van der Waals surface area contributed by atoms with Crippen molar-refractivity contribution in [3.05, 3.63) is 43.8 Å². The number of fused-ring (bicyclic) bond motifs is 1. The second-order valence-corrected chi connectivity index (χ2v) is 7.68. The van der Waals surface area contributed by atoms with Gasteiger partial charge >= 0.3 is 0 Å². The lowest BCUT2D eigenvalue weighted by Crippen LogP contribution is -2.37. The molecule has 1 aliphatic carbocycles. The fourth-order valence-corrected chi connectivity index (χ4v) is 4.37. The van der Waals surface area contributed by atoms with Crippen LogP contribution in [-0.2, 0) is 25.9 Å². The third-order valence-corrected chi connectivity index (χ3v) is 5.76. The first-order chi connectivity index (χ1) is 11.2. The molecule has 1 saturated heterocycles. The first-order valence-electron chi connectivity index (χ1n) is 8.44. The standard InChI is InChI=1S/C17H22N4OS/c1-12-18-14(11-23-12)9-20-7-3-5-15(20)10-21-17(22)8-13-4-2-6-16(13)19-21/h8,11,15H,2-7,9-10H2,1H3. The van der Waals surface area contributed by atoms with Gasteiger partial charge in [0.1, 0.15) is 0 Å². The molecule has 0 aromatic carbocycles. The predicted molar refractivity (Wildman–Crippen MR) is 90.8 cm³/mol. The largest absolute Gasteiger partial charge is 0.293 e. The van der Waals surface area contributed by atoms with E-state index in [1.165, 1.54) is 6.42 Å². The quantitative estimate of drug-likeness (QED) is 0.862. The highest BCUT2D eigenvalue weighted by atomic mass is 32.1. The molecule has 0 saturated carbocycles. The monoisotopic (exact) mass is 330 g/mol. The Kier molecular flexibility index (Phi) is 4.03. The molecule has 0 bridgehead atoms. The van der Waals surface area contributed by atoms with Crippen molar-refractivity contribution < 1.29 is 0 Å². The van der Waals surface area contributed by atoms with E-state index in [1.807, 2.05) is 6.92 Å². The molecule has 2 aromatic rings. The van der Waals surface area contributed by atoms with Gasteiger partial charge in [-0.15, -0.1) is 11.3 Å². The summed E-state index contributed by atoms with van der Waals surface area (Å²) in [4.78, 5) is 19.3. The lowest BCUT2D eigenvalue weighted by Gasteiger charge is -2.24. The summed E-state index contributed by atoms with van der Waals surface area (Å²) in [5, 5.41) is 7.89. The number of likely N-dealkylation sites (tertiary alicyclic amines) is 1. The number of hydrogen-bond acceptors (Lipinski definition) is 5. The molecule has 1 unspecified atom stereocenters. The lowest BCUT2D eigenvalue weighted by atomic mass is 10.2. The highest BCUT2D eigenvalue weighted by molar-refractivity contribution is 7.09. The third kappa shape index (κ3) is 3.10. The highest BCUT2D eigenvalue weighted by Gasteiger charge is 2.26. The molecule has 122 valence electrons. The van der Waals surface area contributed by atoms with Crippen LogP contribution in [0.5, 0.6) is 0 Å². The van der Waals surface area contributed by atoms with Gasteiger partial charge in [-0.1, -0.05) is 0 Å². The van der Waals surface area contributed by atoms with Gasteiger partial charge in [-0.3, -0.25) is 9.69 Å². The normalized spacial score (nSPS) is 21.0. The van der Waals surface area contributed by atoms with E-state index in [0.29, 0.717) is 12.6 Å². The van der Waals surface area contributed by atoms with Crippen LogP contribution in [0.25, 0.3) is 0 Å². The van der Waals surface area contributed by atoms with Crippen LogP contribution in [0.2, 0.25) is 0 Å². The summed E-state index contributed by atoms with van der Waals surface area (Å²) < 4.78 is 1.69. The molecule has 0 N–H and O–H groups in total. The molecule has 5 nitrogen and oxygen atoms in total. The van der Waals surface area contributed by atoms with Crippen LogP contribution in [-0.4, -0.2) is 32.3 Å². The van der Waals surface area contributed by atoms with Gasteiger partial charge in [0.15, 0.2) is 0 Å². The average molecular weight is 330 g/mol. The summed E-state index contributed by atoms with van der Waals surface area (Å²) in [6, 6.07) is 2.19. The van der Waals surface area contributed by atoms with E-state index < -0.39 is 0 Å². The molecular weight excluding hydrogens is 308 g/mol. The van der Waals surface area contributed by atoms with Crippen molar-refractivity contribution in [3.63, 3.8) is 0 Å². The SMILES string of the molecule is Cc1nc(CN2CCCC2Cn2nc3c(cc2=O)CCC3)cs1. The smallest absolute Gasteiger partial charge is 0.267 e. The van der Waals surface area contributed by atoms with Crippen LogP contribution >= 0.6 is 11.3 Å². The van der Waals surface area contributed by atoms with Gasteiger partial charge < -0.3 is 0 Å². The number of nitrogens with zero attached hydrogens (tertiary/aromatic N) is 4. The van der Waals surface area contributed by atoms with Crippen molar-refractivity contribution in [2.24, 2.45) is 0 Å². The maximum Gasteiger partial charge on any atom is 0.267 e. The summed E-state index contributed by atoms with van der Waals surface area (Å²) in [5.41, 5.74) is 3.49. The van der Waals surface area contributed by atoms with Crippen molar-refractivity contribution in [2.75, 3.05) is 6.54 Å². The summed E-state index contributed by atoms with van der Waals surface area (Å²) in [7, 11) is 0. The fourth-order valence-electron chi connectivity index (χ4n) is 3.77. The molecule has 1 aliphatic heterocycles. The van der Waals surface area contributed by atoms with E-state index in [1.54, 1.807) is 22.1 Å². The Morgan fingerprint density at radius 3 is 3.09 bits per heavy atom. The minimum Gasteiger partial charge on any atom is -0.293 e. The molecule has 0 spiro atoms. The predicted octanol–water partition coefficient (Wildman–Crippen LogP) is 2.16. The van der Waals surface area contributed by atoms with Crippen LogP contribution in [0.3, 0.4) is 0 Å². The Morgan fingerprint density at radius 1 is 1.35 bits per heavy atom. The molecule has 0 amide bonds. The van der Waals surface area contributed by atoms with Crippen molar-refractivity contribution in [2.45, 2.75) is 58.2 Å². The maximum atomic E-state index is 12.3. The Labute approximate surface area is 140 Å². The second kappa shape index (κ2) is 6.17. The number of rotatable bonds is 4. The Balaban J connectivity index is 1.50. The molecule has 23 heavy (non-hydrogen) atoms. The van der Waals surface area contributed by atoms with Gasteiger partial charge in [-0.05, 0) is 51.1 Å². The molecule has 3 heterocycles. The molecule has 2 aliphatic rings. The minimum absolute atomic E-state index is 0.0574. The number of thiazole rings is 1. The van der Waals surface area contributed by atoms with Gasteiger partial charge in [0.2, 0.25) is 0 Å². The van der Waals surface area contributed by atoms with E-state index in [0.717, 1.165) is 60.7 Å². The average Bonchev–Trinajstić information content (AvgIpc) is 3.23. The van der Waals surface area contributed by atoms with Crippen molar-refractivity contribution in [3.8, 4) is 0 Å². The maximum absolute atomic E-state index is 12.3. The topological polar surface area (TPSA) is 51.0 Å². The van der Waals surface area contributed by atoms with Gasteiger partial charge in [0.25, 0.3) is 5.56 Å². The Morgan fingerprint density at radius 2 is 2.26 bits per heavy atom. The van der Waals surface area contributed by atoms with Crippen LogP contribution in [0.1, 0.15) is 41.2 Å². The van der Waals surface area contributed by atoms with Crippen LogP contribution in [0.15, 0.2) is 16.2 Å². The third-order valence-electron chi connectivity index (χ3n) is 4.94. The fraction of sp³-hybridized carbons (Fsp3) is 0.588. The minimum atomic E-state index is 0.0574. The van der Waals surface area contributed by atoms with Crippen molar-refractivity contribution >= 4 is 11.3 Å². The molecule has 6 heteroatoms. The number of aryl methyl sites for hydroxylation is 3. The Hall–Kier alpha value is -1.53. The number of aromatic nitrogens is 3. The van der Waals surface area contributed by atoms with Crippen molar-refractivity contribution in [1.29, 1.82) is 0 Å². The zero-order valence-electron chi connectivity index (χ0n) is 13.5.